The minimum Gasteiger partial charge on any atom is -0.472 e. The van der Waals surface area contributed by atoms with Gasteiger partial charge in [-0.15, -0.1) is 0 Å². The van der Waals surface area contributed by atoms with E-state index >= 15 is 0 Å². The molecule has 144 valence electrons. The van der Waals surface area contributed by atoms with Crippen LogP contribution in [0.2, 0.25) is 5.15 Å². The number of rotatable bonds is 4. The van der Waals surface area contributed by atoms with Crippen molar-refractivity contribution in [3.8, 4) is 5.88 Å². The predicted molar refractivity (Wildman–Crippen MR) is 103 cm³/mol. The van der Waals surface area contributed by atoms with Crippen molar-refractivity contribution in [2.75, 3.05) is 25.9 Å². The number of hydrogen-bond donors (Lipinski definition) is 3. The topological polar surface area (TPSA) is 91.9 Å². The first-order chi connectivity index (χ1) is 12.5. The number of aromatic amines is 1. The molecule has 0 aromatic carbocycles. The van der Waals surface area contributed by atoms with Crippen molar-refractivity contribution >= 4 is 34.3 Å². The minimum atomic E-state index is -0.828. The second-order valence-corrected chi connectivity index (χ2v) is 6.56. The number of ether oxygens (including phenoxy) is 1. The van der Waals surface area contributed by atoms with Crippen LogP contribution in [0, 0.1) is 5.82 Å². The van der Waals surface area contributed by atoms with Crippen LogP contribution in [0.5, 0.6) is 5.88 Å². The van der Waals surface area contributed by atoms with Crippen LogP contribution >= 0.6 is 23.4 Å². The quantitative estimate of drug-likeness (QED) is 0.409. The summed E-state index contributed by atoms with van der Waals surface area (Å²) < 4.78 is 20.1. The zero-order chi connectivity index (χ0) is 19.3. The number of fused-ring (bicyclic) bond motifs is 1. The molecule has 2 aromatic rings. The van der Waals surface area contributed by atoms with Crippen molar-refractivity contribution in [1.29, 1.82) is 0 Å². The molecule has 0 spiro atoms. The summed E-state index contributed by atoms with van der Waals surface area (Å²) >= 11 is 7.06. The van der Waals surface area contributed by atoms with E-state index in [0.717, 1.165) is 19.6 Å². The molecule has 1 aliphatic heterocycles. The average Bonchev–Trinajstić information content (AvgIpc) is 2.67. The van der Waals surface area contributed by atoms with E-state index in [2.05, 4.69) is 25.6 Å². The van der Waals surface area contributed by atoms with Crippen molar-refractivity contribution in [3.63, 3.8) is 0 Å². The van der Waals surface area contributed by atoms with Crippen molar-refractivity contribution in [1.82, 2.24) is 25.6 Å². The van der Waals surface area contributed by atoms with E-state index in [0.29, 0.717) is 5.16 Å². The molecule has 26 heavy (non-hydrogen) atoms. The summed E-state index contributed by atoms with van der Waals surface area (Å²) in [6.45, 7) is 8.27. The Morgan fingerprint density at radius 1 is 1.35 bits per heavy atom. The Kier molecular flexibility index (Phi) is 7.63. The molecule has 3 rings (SSSR count). The highest BCUT2D eigenvalue weighted by molar-refractivity contribution is 7.98. The van der Waals surface area contributed by atoms with Crippen LogP contribution in [-0.2, 0) is 0 Å². The molecule has 2 aromatic heterocycles. The molecular weight excluding hydrogens is 381 g/mol. The van der Waals surface area contributed by atoms with Crippen molar-refractivity contribution in [3.05, 3.63) is 21.3 Å². The van der Waals surface area contributed by atoms with Gasteiger partial charge in [-0.25, -0.2) is 9.37 Å². The third kappa shape index (κ3) is 4.46. The Morgan fingerprint density at radius 3 is 2.69 bits per heavy atom. The number of nitrogens with one attached hydrogen (secondary N) is 3. The molecule has 1 saturated heterocycles. The maximum Gasteiger partial charge on any atom is 0.265 e. The molecule has 0 amide bonds. The first kappa shape index (κ1) is 20.9. The van der Waals surface area contributed by atoms with Gasteiger partial charge < -0.3 is 20.4 Å². The summed E-state index contributed by atoms with van der Waals surface area (Å²) in [5, 5.41) is 6.46. The minimum absolute atomic E-state index is 0.0160. The van der Waals surface area contributed by atoms with Gasteiger partial charge in [0.2, 0.25) is 5.88 Å². The van der Waals surface area contributed by atoms with Gasteiger partial charge in [0, 0.05) is 19.6 Å². The maximum absolute atomic E-state index is 14.3. The first-order valence-electron chi connectivity index (χ1n) is 8.45. The Balaban J connectivity index is 0.00000117. The highest BCUT2D eigenvalue weighted by atomic mass is 35.5. The van der Waals surface area contributed by atoms with E-state index in [4.69, 9.17) is 16.3 Å². The lowest BCUT2D eigenvalue weighted by atomic mass is 10.1. The summed E-state index contributed by atoms with van der Waals surface area (Å²) in [5.41, 5.74) is -0.649. The van der Waals surface area contributed by atoms with Crippen LogP contribution in [0.3, 0.4) is 0 Å². The van der Waals surface area contributed by atoms with Gasteiger partial charge in [-0.2, -0.15) is 4.98 Å². The lowest BCUT2D eigenvalue weighted by Crippen LogP contribution is -2.54. The molecule has 2 atom stereocenters. The van der Waals surface area contributed by atoms with Crippen molar-refractivity contribution < 1.29 is 9.13 Å². The normalized spacial score (nSPS) is 18.2. The fraction of sp³-hybridized carbons (Fsp3) is 0.562. The number of hydrogen-bond acceptors (Lipinski definition) is 7. The number of H-pyrrole nitrogens is 1. The molecule has 7 nitrogen and oxygen atoms in total. The number of halogens is 2. The smallest absolute Gasteiger partial charge is 0.265 e. The van der Waals surface area contributed by atoms with E-state index in [1.807, 2.05) is 20.8 Å². The van der Waals surface area contributed by atoms with E-state index in [-0.39, 0.29) is 34.1 Å². The Hall–Kier alpha value is -1.42. The molecule has 1 aliphatic rings. The molecular formula is C16H23ClFN5O2S. The monoisotopic (exact) mass is 403 g/mol. The molecule has 3 heterocycles. The van der Waals surface area contributed by atoms with Gasteiger partial charge >= 0.3 is 0 Å². The van der Waals surface area contributed by atoms with Gasteiger partial charge in [0.1, 0.15) is 17.0 Å². The SMILES string of the molecule is CC.CSc1nc2c(F)c(Cl)nc(OC(C)C3CNCCN3)c2c(=O)[nH]1. The third-order valence-corrected chi connectivity index (χ3v) is 4.66. The fourth-order valence-electron chi connectivity index (χ4n) is 2.55. The summed E-state index contributed by atoms with van der Waals surface area (Å²) in [6.07, 6.45) is 1.43. The maximum atomic E-state index is 14.3. The molecule has 2 unspecified atom stereocenters. The van der Waals surface area contributed by atoms with E-state index in [1.165, 1.54) is 11.8 Å². The number of piperazine rings is 1. The second-order valence-electron chi connectivity index (χ2n) is 5.41. The van der Waals surface area contributed by atoms with Gasteiger partial charge in [-0.05, 0) is 13.2 Å². The summed E-state index contributed by atoms with van der Waals surface area (Å²) in [5.74, 6) is -0.844. The van der Waals surface area contributed by atoms with Crippen molar-refractivity contribution in [2.24, 2.45) is 0 Å². The van der Waals surface area contributed by atoms with Crippen LogP contribution in [0.25, 0.3) is 10.9 Å². The summed E-state index contributed by atoms with van der Waals surface area (Å²) in [6, 6.07) is 0.0388. The molecule has 0 saturated carbocycles. The second kappa shape index (κ2) is 9.50. The zero-order valence-electron chi connectivity index (χ0n) is 15.2. The number of thioether (sulfide) groups is 1. The van der Waals surface area contributed by atoms with Crippen LogP contribution < -0.4 is 20.9 Å². The van der Waals surface area contributed by atoms with Crippen LogP contribution in [0.15, 0.2) is 9.95 Å². The Labute approximate surface area is 160 Å². The molecule has 10 heteroatoms. The lowest BCUT2D eigenvalue weighted by Gasteiger charge is -2.29. The van der Waals surface area contributed by atoms with E-state index in [9.17, 15) is 9.18 Å². The summed E-state index contributed by atoms with van der Waals surface area (Å²) in [4.78, 5) is 22.9. The summed E-state index contributed by atoms with van der Waals surface area (Å²) in [7, 11) is 0. The van der Waals surface area contributed by atoms with Gasteiger partial charge in [0.05, 0.1) is 6.04 Å². The van der Waals surface area contributed by atoms with Gasteiger partial charge in [-0.1, -0.05) is 37.2 Å². The first-order valence-corrected chi connectivity index (χ1v) is 10.0. The van der Waals surface area contributed by atoms with Gasteiger partial charge in [0.25, 0.3) is 5.56 Å². The van der Waals surface area contributed by atoms with E-state index < -0.39 is 11.4 Å². The largest absolute Gasteiger partial charge is 0.472 e. The lowest BCUT2D eigenvalue weighted by molar-refractivity contribution is 0.155. The Morgan fingerprint density at radius 2 is 2.08 bits per heavy atom. The van der Waals surface area contributed by atoms with E-state index in [1.54, 1.807) is 6.26 Å². The molecule has 0 bridgehead atoms. The van der Waals surface area contributed by atoms with Crippen LogP contribution in [-0.4, -0.2) is 53.0 Å². The highest BCUT2D eigenvalue weighted by Gasteiger charge is 2.25. The highest BCUT2D eigenvalue weighted by Crippen LogP contribution is 2.28. The third-order valence-electron chi connectivity index (χ3n) is 3.83. The number of nitrogens with zero attached hydrogens (tertiary/aromatic N) is 2. The van der Waals surface area contributed by atoms with Crippen molar-refractivity contribution in [2.45, 2.75) is 38.1 Å². The van der Waals surface area contributed by atoms with Crippen LogP contribution in [0.1, 0.15) is 20.8 Å². The molecule has 0 aliphatic carbocycles. The Bertz CT molecular complexity index is 813. The average molecular weight is 404 g/mol. The molecule has 1 fully saturated rings. The predicted octanol–water partition coefficient (Wildman–Crippen LogP) is 2.19. The fourth-order valence-corrected chi connectivity index (χ4v) is 3.09. The van der Waals surface area contributed by atoms with Gasteiger partial charge in [-0.3, -0.25) is 4.79 Å². The molecule has 0 radical (unpaired) electrons. The zero-order valence-corrected chi connectivity index (χ0v) is 16.7. The standard InChI is InChI=1S/C14H17ClFN5O2S.C2H6/c1-6(7-5-17-3-4-18-7)23-13-8-10(9(16)11(15)20-13)19-14(24-2)21-12(8)22;1-2/h6-7,17-18H,3-5H2,1-2H3,(H,19,21,22);1-2H3. The van der Waals surface area contributed by atoms with Gasteiger partial charge in [0.15, 0.2) is 16.1 Å². The molecule has 3 N–H and O–H groups in total. The number of pyridine rings is 1. The van der Waals surface area contributed by atoms with Crippen LogP contribution in [0.4, 0.5) is 4.39 Å². The number of aromatic nitrogens is 3.